The molecule has 1 aromatic heterocycles. The molecule has 4 aromatic rings. The van der Waals surface area contributed by atoms with Crippen molar-refractivity contribution >= 4 is 28.9 Å². The van der Waals surface area contributed by atoms with E-state index in [0.717, 1.165) is 5.52 Å². The fourth-order valence-corrected chi connectivity index (χ4v) is 4.92. The van der Waals surface area contributed by atoms with E-state index in [1.165, 1.54) is 25.3 Å². The van der Waals surface area contributed by atoms with Gasteiger partial charge in [0, 0.05) is 37.7 Å². The van der Waals surface area contributed by atoms with Gasteiger partial charge in [0.2, 0.25) is 0 Å². The summed E-state index contributed by atoms with van der Waals surface area (Å²) >= 11 is 0. The lowest BCUT2D eigenvalue weighted by Crippen LogP contribution is -2.57. The van der Waals surface area contributed by atoms with Crippen molar-refractivity contribution in [3.05, 3.63) is 77.6 Å². The lowest BCUT2D eigenvalue weighted by molar-refractivity contribution is -0.123. The summed E-state index contributed by atoms with van der Waals surface area (Å²) in [5, 5.41) is 5.78. The topological polar surface area (TPSA) is 115 Å². The van der Waals surface area contributed by atoms with Gasteiger partial charge in [-0.1, -0.05) is 12.1 Å². The molecule has 2 atom stereocenters. The number of hydrogen-bond acceptors (Lipinski definition) is 8. The zero-order valence-corrected chi connectivity index (χ0v) is 21.7. The second kappa shape index (κ2) is 10.8. The fraction of sp³-hybridized carbons (Fsp3) is 0.276. The van der Waals surface area contributed by atoms with Gasteiger partial charge in [-0.15, -0.1) is 0 Å². The lowest BCUT2D eigenvalue weighted by Gasteiger charge is -2.38. The third-order valence-corrected chi connectivity index (χ3v) is 6.91. The number of carbonyl (C=O) groups excluding carboxylic acids is 2. The summed E-state index contributed by atoms with van der Waals surface area (Å²) in [5.41, 5.74) is 2.25. The minimum atomic E-state index is -0.498. The van der Waals surface area contributed by atoms with Crippen molar-refractivity contribution in [1.82, 2.24) is 15.6 Å². The van der Waals surface area contributed by atoms with Crippen molar-refractivity contribution < 1.29 is 32.6 Å². The molecule has 6 rings (SSSR count). The van der Waals surface area contributed by atoms with Gasteiger partial charge in [0.15, 0.2) is 23.7 Å². The monoisotopic (exact) mass is 546 g/mol. The van der Waals surface area contributed by atoms with Crippen molar-refractivity contribution in [3.63, 3.8) is 0 Å². The van der Waals surface area contributed by atoms with E-state index in [1.807, 2.05) is 29.2 Å². The zero-order valence-electron chi connectivity index (χ0n) is 21.7. The van der Waals surface area contributed by atoms with Crippen LogP contribution in [0, 0.1) is 5.82 Å². The summed E-state index contributed by atoms with van der Waals surface area (Å²) in [7, 11) is 1.47. The molecule has 2 aliphatic heterocycles. The molecule has 0 aliphatic carbocycles. The molecule has 2 N–H and O–H groups in total. The Bertz CT molecular complexity index is 1540. The molecule has 40 heavy (non-hydrogen) atoms. The molecule has 2 amide bonds. The van der Waals surface area contributed by atoms with Crippen LogP contribution in [0.4, 0.5) is 10.4 Å². The number of aromatic nitrogens is 1. The van der Waals surface area contributed by atoms with Gasteiger partial charge in [-0.3, -0.25) is 9.59 Å². The van der Waals surface area contributed by atoms with Crippen molar-refractivity contribution in [3.8, 4) is 17.2 Å². The van der Waals surface area contributed by atoms with E-state index >= 15 is 0 Å². The number of amides is 2. The predicted octanol–water partition coefficient (Wildman–Crippen LogP) is 3.44. The van der Waals surface area contributed by atoms with E-state index in [1.54, 1.807) is 18.2 Å². The molecule has 2 aliphatic rings. The third-order valence-electron chi connectivity index (χ3n) is 6.91. The lowest BCUT2D eigenvalue weighted by atomic mass is 10.0. The normalized spacial score (nSPS) is 19.6. The highest BCUT2D eigenvalue weighted by Gasteiger charge is 2.34. The Morgan fingerprint density at radius 1 is 1.10 bits per heavy atom. The molecular formula is C29H27FN4O6. The van der Waals surface area contributed by atoms with Crippen LogP contribution in [0.2, 0.25) is 0 Å². The smallest absolute Gasteiger partial charge is 0.298 e. The number of oxazole rings is 1. The predicted molar refractivity (Wildman–Crippen MR) is 143 cm³/mol. The first-order chi connectivity index (χ1) is 19.4. The van der Waals surface area contributed by atoms with Gasteiger partial charge in [-0.2, -0.15) is 4.98 Å². The summed E-state index contributed by atoms with van der Waals surface area (Å²) < 4.78 is 37.8. The molecule has 0 unspecified atom stereocenters. The van der Waals surface area contributed by atoms with Crippen molar-refractivity contribution in [2.45, 2.75) is 25.1 Å². The number of ether oxygens (including phenoxy) is 3. The molecule has 3 aromatic carbocycles. The Labute approximate surface area is 229 Å². The number of para-hydroxylation sites is 2. The second-order valence-corrected chi connectivity index (χ2v) is 9.66. The Kier molecular flexibility index (Phi) is 6.85. The number of nitrogens with one attached hydrogen (secondary N) is 2. The molecule has 4 bridgehead atoms. The van der Waals surface area contributed by atoms with E-state index in [0.29, 0.717) is 53.7 Å². The standard InChI is InChI=1S/C29H27FN4O6/c1-37-25-7-6-18-12-26(25)38-16-27(35)31-14-17-10-19(30)13-20(11-17)39-24-8-9-34(15-22(24)32-28(18)36)29-33-21-4-2-3-5-23(21)40-29/h2-7,10-13,22,24H,8-9,14-16H2,1H3,(H,31,35)(H,32,36)/t22-,24+/m0/s1. The number of anilines is 1. The number of piperidine rings is 1. The maximum absolute atomic E-state index is 14.5. The van der Waals surface area contributed by atoms with Crippen LogP contribution in [0.3, 0.4) is 0 Å². The molecule has 0 spiro atoms. The van der Waals surface area contributed by atoms with Gasteiger partial charge in [0.05, 0.1) is 13.2 Å². The van der Waals surface area contributed by atoms with Crippen LogP contribution in [0.25, 0.3) is 11.1 Å². The van der Waals surface area contributed by atoms with E-state index in [-0.39, 0.29) is 24.8 Å². The Morgan fingerprint density at radius 2 is 1.98 bits per heavy atom. The van der Waals surface area contributed by atoms with E-state index < -0.39 is 23.9 Å². The van der Waals surface area contributed by atoms with Crippen molar-refractivity contribution in [1.29, 1.82) is 0 Å². The Hall–Kier alpha value is -4.80. The Balaban J connectivity index is 1.33. The zero-order chi connectivity index (χ0) is 27.6. The molecule has 11 heteroatoms. The minimum Gasteiger partial charge on any atom is -0.493 e. The van der Waals surface area contributed by atoms with Crippen LogP contribution in [0.5, 0.6) is 17.2 Å². The first-order valence-electron chi connectivity index (χ1n) is 12.9. The third kappa shape index (κ3) is 5.35. The van der Waals surface area contributed by atoms with Gasteiger partial charge >= 0.3 is 0 Å². The van der Waals surface area contributed by atoms with Crippen LogP contribution >= 0.6 is 0 Å². The minimum absolute atomic E-state index is 0.0871. The van der Waals surface area contributed by atoms with Crippen LogP contribution < -0.4 is 29.7 Å². The summed E-state index contributed by atoms with van der Waals surface area (Å²) in [6.45, 7) is 0.664. The number of rotatable bonds is 2. The van der Waals surface area contributed by atoms with Gasteiger partial charge < -0.3 is 34.2 Å². The molecule has 10 nitrogen and oxygen atoms in total. The Morgan fingerprint density at radius 3 is 2.83 bits per heavy atom. The number of methoxy groups -OCH3 is 1. The number of carbonyl (C=O) groups is 2. The van der Waals surface area contributed by atoms with E-state index in [9.17, 15) is 14.0 Å². The molecule has 206 valence electrons. The fourth-order valence-electron chi connectivity index (χ4n) is 4.92. The number of nitrogens with zero attached hydrogens (tertiary/aromatic N) is 2. The average Bonchev–Trinajstić information content (AvgIpc) is 3.39. The highest BCUT2D eigenvalue weighted by atomic mass is 19.1. The average molecular weight is 547 g/mol. The maximum Gasteiger partial charge on any atom is 0.298 e. The van der Waals surface area contributed by atoms with Crippen LogP contribution in [-0.4, -0.2) is 55.8 Å². The first kappa shape index (κ1) is 25.5. The maximum atomic E-state index is 14.5. The van der Waals surface area contributed by atoms with Crippen LogP contribution in [0.15, 0.2) is 65.1 Å². The second-order valence-electron chi connectivity index (χ2n) is 9.66. The summed E-state index contributed by atoms with van der Waals surface area (Å²) in [6.07, 6.45) is 0.0270. The summed E-state index contributed by atoms with van der Waals surface area (Å²) in [5.74, 6) is -0.359. The first-order valence-corrected chi connectivity index (χ1v) is 12.9. The van der Waals surface area contributed by atoms with E-state index in [4.69, 9.17) is 18.6 Å². The highest BCUT2D eigenvalue weighted by molar-refractivity contribution is 5.95. The van der Waals surface area contributed by atoms with Gasteiger partial charge in [0.1, 0.15) is 23.2 Å². The molecule has 1 saturated heterocycles. The van der Waals surface area contributed by atoms with E-state index in [2.05, 4.69) is 15.6 Å². The summed E-state index contributed by atoms with van der Waals surface area (Å²) in [6, 6.07) is 16.5. The molecule has 0 saturated carbocycles. The van der Waals surface area contributed by atoms with Gasteiger partial charge in [-0.25, -0.2) is 4.39 Å². The van der Waals surface area contributed by atoms with Crippen LogP contribution in [-0.2, 0) is 11.3 Å². The molecular weight excluding hydrogens is 519 g/mol. The quantitative estimate of drug-likeness (QED) is 0.393. The SMILES string of the molecule is COc1ccc2cc1OCC(=O)NCc1cc(F)cc(c1)O[C@@H]1CCN(c3nc4ccccc4o3)C[C@@H]1NC2=O. The number of hydrogen-bond donors (Lipinski definition) is 2. The molecule has 0 radical (unpaired) electrons. The van der Waals surface area contributed by atoms with Gasteiger partial charge in [0.25, 0.3) is 17.8 Å². The number of halogens is 1. The molecule has 1 fully saturated rings. The largest absolute Gasteiger partial charge is 0.493 e. The number of benzene rings is 3. The summed E-state index contributed by atoms with van der Waals surface area (Å²) in [4.78, 5) is 32.4. The van der Waals surface area contributed by atoms with Crippen molar-refractivity contribution in [2.75, 3.05) is 31.7 Å². The van der Waals surface area contributed by atoms with Crippen LogP contribution in [0.1, 0.15) is 22.3 Å². The number of fused-ring (bicyclic) bond motifs is 6. The van der Waals surface area contributed by atoms with Gasteiger partial charge in [-0.05, 0) is 48.0 Å². The highest BCUT2D eigenvalue weighted by Crippen LogP contribution is 2.30. The van der Waals surface area contributed by atoms with Crippen molar-refractivity contribution in [2.24, 2.45) is 0 Å². The molecule has 3 heterocycles.